The van der Waals surface area contributed by atoms with E-state index in [4.69, 9.17) is 4.74 Å². The SMILES string of the molecule is C=C(C(=O)C1CC2CCCC(C1)N2C(=O)OCc1ccccc1)C(F)(F)F. The maximum Gasteiger partial charge on any atom is 0.419 e. The summed E-state index contributed by atoms with van der Waals surface area (Å²) >= 11 is 0. The molecule has 2 aliphatic heterocycles. The number of Topliss-reactive ketones (excluding diaryl/α,β-unsaturated/α-hetero) is 1. The molecular formula is C20H22F3NO3. The summed E-state index contributed by atoms with van der Waals surface area (Å²) in [6.45, 7) is 3.07. The van der Waals surface area contributed by atoms with Crippen LogP contribution in [0.25, 0.3) is 0 Å². The molecule has 0 radical (unpaired) electrons. The Labute approximate surface area is 156 Å². The van der Waals surface area contributed by atoms with Crippen molar-refractivity contribution in [2.45, 2.75) is 57.0 Å². The van der Waals surface area contributed by atoms with Gasteiger partial charge in [-0.1, -0.05) is 36.9 Å². The predicted molar refractivity (Wildman–Crippen MR) is 92.8 cm³/mol. The van der Waals surface area contributed by atoms with Gasteiger partial charge in [0.15, 0.2) is 5.78 Å². The fraction of sp³-hybridized carbons (Fsp3) is 0.500. The average Bonchev–Trinajstić information content (AvgIpc) is 2.64. The average molecular weight is 381 g/mol. The highest BCUT2D eigenvalue weighted by molar-refractivity contribution is 5.98. The molecule has 2 heterocycles. The van der Waals surface area contributed by atoms with Crippen molar-refractivity contribution in [3.63, 3.8) is 0 Å². The molecule has 0 saturated carbocycles. The Hall–Kier alpha value is -2.31. The summed E-state index contributed by atoms with van der Waals surface area (Å²) in [5.41, 5.74) is -0.437. The number of halogens is 3. The predicted octanol–water partition coefficient (Wildman–Crippen LogP) is 4.64. The standard InChI is InChI=1S/C20H22F3NO3/c1-13(20(21,22)23)18(25)15-10-16-8-5-9-17(11-15)24(16)19(26)27-12-14-6-3-2-4-7-14/h2-4,6-7,15-17H,1,5,8-12H2. The van der Waals surface area contributed by atoms with Crippen LogP contribution in [-0.2, 0) is 16.1 Å². The third-order valence-electron chi connectivity index (χ3n) is 5.40. The van der Waals surface area contributed by atoms with Crippen molar-refractivity contribution in [1.82, 2.24) is 4.90 Å². The Kier molecular flexibility index (Phi) is 5.58. The molecule has 1 aromatic carbocycles. The van der Waals surface area contributed by atoms with Crippen LogP contribution < -0.4 is 0 Å². The van der Waals surface area contributed by atoms with E-state index in [-0.39, 0.29) is 31.5 Å². The van der Waals surface area contributed by atoms with E-state index < -0.39 is 29.5 Å². The quantitative estimate of drug-likeness (QED) is 0.714. The number of rotatable bonds is 4. The van der Waals surface area contributed by atoms with Crippen molar-refractivity contribution in [2.75, 3.05) is 0 Å². The van der Waals surface area contributed by atoms with Crippen molar-refractivity contribution >= 4 is 11.9 Å². The minimum Gasteiger partial charge on any atom is -0.445 e. The number of piperidine rings is 2. The molecule has 7 heteroatoms. The third-order valence-corrected chi connectivity index (χ3v) is 5.40. The van der Waals surface area contributed by atoms with E-state index in [2.05, 4.69) is 6.58 Å². The lowest BCUT2D eigenvalue weighted by molar-refractivity contribution is -0.135. The molecule has 2 saturated heterocycles. The van der Waals surface area contributed by atoms with Gasteiger partial charge in [0.1, 0.15) is 6.61 Å². The molecule has 2 unspecified atom stereocenters. The Bertz CT molecular complexity index is 703. The Morgan fingerprint density at radius 1 is 1.11 bits per heavy atom. The van der Waals surface area contributed by atoms with E-state index in [1.54, 1.807) is 4.90 Å². The number of carbonyl (C=O) groups excluding carboxylic acids is 2. The van der Waals surface area contributed by atoms with E-state index in [1.165, 1.54) is 0 Å². The van der Waals surface area contributed by atoms with Crippen molar-refractivity contribution in [1.29, 1.82) is 0 Å². The second-order valence-corrected chi connectivity index (χ2v) is 7.19. The first-order valence-electron chi connectivity index (χ1n) is 9.06. The zero-order chi connectivity index (χ0) is 19.6. The van der Waals surface area contributed by atoms with Crippen molar-refractivity contribution in [3.8, 4) is 0 Å². The van der Waals surface area contributed by atoms with Gasteiger partial charge in [-0.3, -0.25) is 4.79 Å². The minimum absolute atomic E-state index is 0.142. The molecule has 27 heavy (non-hydrogen) atoms. The normalized spacial score (nSPS) is 25.0. The van der Waals surface area contributed by atoms with E-state index in [0.29, 0.717) is 12.8 Å². The van der Waals surface area contributed by atoms with Crippen LogP contribution in [0, 0.1) is 5.92 Å². The number of hydrogen-bond acceptors (Lipinski definition) is 3. The number of ether oxygens (including phenoxy) is 1. The lowest BCUT2D eigenvalue weighted by Gasteiger charge is -2.47. The second-order valence-electron chi connectivity index (χ2n) is 7.19. The van der Waals surface area contributed by atoms with Gasteiger partial charge in [0.05, 0.1) is 5.57 Å². The van der Waals surface area contributed by atoms with E-state index in [9.17, 15) is 22.8 Å². The van der Waals surface area contributed by atoms with Crippen LogP contribution in [-0.4, -0.2) is 35.0 Å². The molecule has 2 fully saturated rings. The first-order chi connectivity index (χ1) is 12.8. The molecule has 146 valence electrons. The fourth-order valence-electron chi connectivity index (χ4n) is 4.07. The molecule has 2 bridgehead atoms. The Morgan fingerprint density at radius 3 is 2.26 bits per heavy atom. The highest BCUT2D eigenvalue weighted by Gasteiger charge is 2.47. The molecule has 1 aromatic rings. The highest BCUT2D eigenvalue weighted by Crippen LogP contribution is 2.40. The van der Waals surface area contributed by atoms with Crippen LogP contribution in [0.2, 0.25) is 0 Å². The molecule has 0 N–H and O–H groups in total. The minimum atomic E-state index is -4.71. The fourth-order valence-corrected chi connectivity index (χ4v) is 4.07. The van der Waals surface area contributed by atoms with E-state index >= 15 is 0 Å². The first kappa shape index (κ1) is 19.5. The van der Waals surface area contributed by atoms with E-state index in [1.807, 2.05) is 30.3 Å². The number of allylic oxidation sites excluding steroid dienone is 1. The Morgan fingerprint density at radius 2 is 1.70 bits per heavy atom. The van der Waals surface area contributed by atoms with Crippen molar-refractivity contribution in [2.24, 2.45) is 5.92 Å². The number of benzene rings is 1. The molecule has 3 rings (SSSR count). The zero-order valence-corrected chi connectivity index (χ0v) is 14.9. The van der Waals surface area contributed by atoms with Crippen LogP contribution in [0.5, 0.6) is 0 Å². The van der Waals surface area contributed by atoms with Crippen molar-refractivity contribution in [3.05, 3.63) is 48.0 Å². The number of alkyl halides is 3. The molecular weight excluding hydrogens is 359 g/mol. The first-order valence-corrected chi connectivity index (χ1v) is 9.06. The van der Waals surface area contributed by atoms with Crippen LogP contribution in [0.3, 0.4) is 0 Å². The summed E-state index contributed by atoms with van der Waals surface area (Å²) in [4.78, 5) is 26.4. The monoisotopic (exact) mass is 381 g/mol. The summed E-state index contributed by atoms with van der Waals surface area (Å²) in [6.07, 6.45) is -2.50. The molecule has 0 aliphatic carbocycles. The van der Waals surface area contributed by atoms with Gasteiger partial charge in [0.2, 0.25) is 0 Å². The van der Waals surface area contributed by atoms with Gasteiger partial charge in [-0.15, -0.1) is 0 Å². The number of ketones is 1. The second kappa shape index (κ2) is 7.74. The summed E-state index contributed by atoms with van der Waals surface area (Å²) < 4.78 is 43.8. The molecule has 0 aromatic heterocycles. The van der Waals surface area contributed by atoms with Gasteiger partial charge in [-0.2, -0.15) is 13.2 Å². The van der Waals surface area contributed by atoms with Gasteiger partial charge in [-0.25, -0.2) is 4.79 Å². The number of hydrogen-bond donors (Lipinski definition) is 0. The van der Waals surface area contributed by atoms with Crippen molar-refractivity contribution < 1.29 is 27.5 Å². The topological polar surface area (TPSA) is 46.6 Å². The van der Waals surface area contributed by atoms with E-state index in [0.717, 1.165) is 12.0 Å². The number of fused-ring (bicyclic) bond motifs is 2. The van der Waals surface area contributed by atoms with Gasteiger partial charge in [0.25, 0.3) is 0 Å². The smallest absolute Gasteiger partial charge is 0.419 e. The van der Waals surface area contributed by atoms with Gasteiger partial charge < -0.3 is 9.64 Å². The highest BCUT2D eigenvalue weighted by atomic mass is 19.4. The largest absolute Gasteiger partial charge is 0.445 e. The number of amides is 1. The number of carbonyl (C=O) groups is 2. The maximum atomic E-state index is 12.8. The van der Waals surface area contributed by atoms with Crippen LogP contribution in [0.1, 0.15) is 37.7 Å². The molecule has 2 aliphatic rings. The van der Waals surface area contributed by atoms with Gasteiger partial charge in [-0.05, 0) is 37.7 Å². The van der Waals surface area contributed by atoms with Gasteiger partial charge >= 0.3 is 12.3 Å². The van der Waals surface area contributed by atoms with Gasteiger partial charge in [0, 0.05) is 18.0 Å². The maximum absolute atomic E-state index is 12.8. The third kappa shape index (κ3) is 4.34. The summed E-state index contributed by atoms with van der Waals surface area (Å²) in [5.74, 6) is -1.69. The van der Waals surface area contributed by atoms with Crippen LogP contribution in [0.4, 0.5) is 18.0 Å². The molecule has 0 spiro atoms. The lowest BCUT2D eigenvalue weighted by atomic mass is 9.76. The van der Waals surface area contributed by atoms with Crippen LogP contribution >= 0.6 is 0 Å². The number of nitrogens with zero attached hydrogens (tertiary/aromatic N) is 1. The summed E-state index contributed by atoms with van der Waals surface area (Å²) in [5, 5.41) is 0. The Balaban J connectivity index is 1.65. The zero-order valence-electron chi connectivity index (χ0n) is 14.9. The summed E-state index contributed by atoms with van der Waals surface area (Å²) in [7, 11) is 0. The van der Waals surface area contributed by atoms with Crippen LogP contribution in [0.15, 0.2) is 42.5 Å². The lowest BCUT2D eigenvalue weighted by Crippen LogP contribution is -2.56. The molecule has 4 nitrogen and oxygen atoms in total. The summed E-state index contributed by atoms with van der Waals surface area (Å²) in [6, 6.07) is 8.73. The molecule has 1 amide bonds. The molecule has 2 atom stereocenters.